The van der Waals surface area contributed by atoms with Crippen LogP contribution in [0.4, 0.5) is 5.69 Å². The molecule has 1 unspecified atom stereocenters. The Morgan fingerprint density at radius 1 is 1.22 bits per heavy atom. The van der Waals surface area contributed by atoms with Crippen molar-refractivity contribution in [2.24, 2.45) is 0 Å². The number of hydrogen-bond acceptors (Lipinski definition) is 3. The summed E-state index contributed by atoms with van der Waals surface area (Å²) < 4.78 is 6.00. The first-order valence-corrected chi connectivity index (χ1v) is 8.35. The lowest BCUT2D eigenvalue weighted by atomic mass is 9.97. The molecule has 1 aromatic rings. The summed E-state index contributed by atoms with van der Waals surface area (Å²) in [7, 11) is 0. The molecule has 5 heteroatoms. The van der Waals surface area contributed by atoms with E-state index in [1.54, 1.807) is 24.3 Å². The van der Waals surface area contributed by atoms with E-state index in [4.69, 9.17) is 9.84 Å². The number of carbonyl (C=O) groups is 2. The molecule has 2 rings (SSSR count). The molecule has 1 aromatic carbocycles. The van der Waals surface area contributed by atoms with Gasteiger partial charge in [-0.25, -0.2) is 0 Å². The van der Waals surface area contributed by atoms with E-state index in [2.05, 4.69) is 0 Å². The fourth-order valence-corrected chi connectivity index (χ4v) is 2.98. The van der Waals surface area contributed by atoms with Gasteiger partial charge in [-0.3, -0.25) is 14.5 Å². The molecule has 0 bridgehead atoms. The van der Waals surface area contributed by atoms with Gasteiger partial charge < -0.3 is 9.84 Å². The molecule has 1 amide bonds. The summed E-state index contributed by atoms with van der Waals surface area (Å²) in [6, 6.07) is 8.91. The third-order valence-corrected chi connectivity index (χ3v) is 4.18. The molecule has 1 atom stereocenters. The molecule has 0 spiro atoms. The van der Waals surface area contributed by atoms with E-state index in [0.29, 0.717) is 12.1 Å². The number of ether oxygens (including phenoxy) is 1. The predicted octanol–water partition coefficient (Wildman–Crippen LogP) is 3.23. The van der Waals surface area contributed by atoms with E-state index in [1.165, 1.54) is 11.3 Å². The Hall–Kier alpha value is -1.88. The van der Waals surface area contributed by atoms with Crippen LogP contribution in [0.1, 0.15) is 45.4 Å². The number of carboxylic acids is 1. The van der Waals surface area contributed by atoms with E-state index >= 15 is 0 Å². The van der Waals surface area contributed by atoms with Crippen molar-refractivity contribution in [3.05, 3.63) is 30.3 Å². The summed E-state index contributed by atoms with van der Waals surface area (Å²) in [4.78, 5) is 25.3. The molecular formula is C18H25NO4. The predicted molar refractivity (Wildman–Crippen MR) is 88.5 cm³/mol. The molecule has 1 aliphatic rings. The van der Waals surface area contributed by atoms with Crippen LogP contribution in [0.3, 0.4) is 0 Å². The van der Waals surface area contributed by atoms with E-state index < -0.39 is 12.1 Å². The summed E-state index contributed by atoms with van der Waals surface area (Å²) in [5.41, 5.74) is 0.589. The SMILES string of the molecule is CCC(OC1CCCCC1)C(=O)N(CC(=O)O)c1ccccc1. The third-order valence-electron chi connectivity index (χ3n) is 4.18. The fraction of sp³-hybridized carbons (Fsp3) is 0.556. The zero-order valence-corrected chi connectivity index (χ0v) is 13.6. The maximum Gasteiger partial charge on any atom is 0.323 e. The van der Waals surface area contributed by atoms with Crippen LogP contribution in [0.5, 0.6) is 0 Å². The van der Waals surface area contributed by atoms with E-state index in [9.17, 15) is 9.59 Å². The van der Waals surface area contributed by atoms with Gasteiger partial charge in [-0.15, -0.1) is 0 Å². The summed E-state index contributed by atoms with van der Waals surface area (Å²) in [5.74, 6) is -1.30. The molecule has 126 valence electrons. The lowest BCUT2D eigenvalue weighted by Crippen LogP contribution is -2.44. The maximum absolute atomic E-state index is 12.8. The third kappa shape index (κ3) is 5.06. The number of amides is 1. The minimum absolute atomic E-state index is 0.111. The first kappa shape index (κ1) is 17.5. The van der Waals surface area contributed by atoms with Crippen LogP contribution in [0, 0.1) is 0 Å². The lowest BCUT2D eigenvalue weighted by Gasteiger charge is -2.30. The Morgan fingerprint density at radius 2 is 1.87 bits per heavy atom. The Morgan fingerprint density at radius 3 is 2.43 bits per heavy atom. The summed E-state index contributed by atoms with van der Waals surface area (Å²) in [6.45, 7) is 1.54. The van der Waals surface area contributed by atoms with E-state index in [1.807, 2.05) is 13.0 Å². The van der Waals surface area contributed by atoms with Crippen molar-refractivity contribution in [3.8, 4) is 0 Å². The minimum Gasteiger partial charge on any atom is -0.480 e. The highest BCUT2D eigenvalue weighted by Crippen LogP contribution is 2.24. The van der Waals surface area contributed by atoms with Crippen molar-refractivity contribution in [1.82, 2.24) is 0 Å². The van der Waals surface area contributed by atoms with E-state index in [0.717, 1.165) is 25.7 Å². The highest BCUT2D eigenvalue weighted by molar-refractivity contribution is 5.99. The molecule has 5 nitrogen and oxygen atoms in total. The molecule has 0 heterocycles. The molecule has 0 saturated heterocycles. The van der Waals surface area contributed by atoms with Crippen LogP contribution in [-0.4, -0.2) is 35.7 Å². The van der Waals surface area contributed by atoms with Crippen molar-refractivity contribution in [2.75, 3.05) is 11.4 Å². The van der Waals surface area contributed by atoms with Crippen molar-refractivity contribution in [3.63, 3.8) is 0 Å². The normalized spacial score (nSPS) is 16.7. The number of rotatable bonds is 7. The number of benzene rings is 1. The number of hydrogen-bond donors (Lipinski definition) is 1. The first-order chi connectivity index (χ1) is 11.1. The van der Waals surface area contributed by atoms with Crippen LogP contribution < -0.4 is 4.90 Å². The average Bonchev–Trinajstić information content (AvgIpc) is 2.58. The highest BCUT2D eigenvalue weighted by atomic mass is 16.5. The zero-order chi connectivity index (χ0) is 16.7. The maximum atomic E-state index is 12.8. The fourth-order valence-electron chi connectivity index (χ4n) is 2.98. The quantitative estimate of drug-likeness (QED) is 0.838. The molecule has 0 aliphatic heterocycles. The molecule has 1 fully saturated rings. The first-order valence-electron chi connectivity index (χ1n) is 8.35. The van der Waals surface area contributed by atoms with Gasteiger partial charge in [0.15, 0.2) is 0 Å². The van der Waals surface area contributed by atoms with Crippen LogP contribution in [0.15, 0.2) is 30.3 Å². The number of para-hydroxylation sites is 1. The molecule has 0 radical (unpaired) electrons. The van der Waals surface area contributed by atoms with E-state index in [-0.39, 0.29) is 18.6 Å². The molecule has 0 aromatic heterocycles. The van der Waals surface area contributed by atoms with Gasteiger partial charge in [0.25, 0.3) is 5.91 Å². The summed E-state index contributed by atoms with van der Waals surface area (Å²) >= 11 is 0. The minimum atomic E-state index is -1.03. The van der Waals surface area contributed by atoms with Gasteiger partial charge >= 0.3 is 5.97 Å². The van der Waals surface area contributed by atoms with Gasteiger partial charge in [-0.05, 0) is 31.4 Å². The largest absolute Gasteiger partial charge is 0.480 e. The summed E-state index contributed by atoms with van der Waals surface area (Å²) in [6.07, 6.45) is 5.51. The second-order valence-corrected chi connectivity index (χ2v) is 5.95. The van der Waals surface area contributed by atoms with Gasteiger partial charge in [0, 0.05) is 5.69 Å². The zero-order valence-electron chi connectivity index (χ0n) is 13.6. The standard InChI is InChI=1S/C18H25NO4/c1-2-16(23-15-11-7-4-8-12-15)18(22)19(13-17(20)21)14-9-5-3-6-10-14/h3,5-6,9-10,15-16H,2,4,7-8,11-13H2,1H3,(H,20,21). The number of carbonyl (C=O) groups excluding carboxylic acids is 1. The second kappa shape index (κ2) is 8.67. The van der Waals surface area contributed by atoms with Gasteiger partial charge in [0.1, 0.15) is 12.6 Å². The Kier molecular flexibility index (Phi) is 6.59. The van der Waals surface area contributed by atoms with Crippen LogP contribution >= 0.6 is 0 Å². The van der Waals surface area contributed by atoms with Gasteiger partial charge in [-0.1, -0.05) is 44.4 Å². The molecule has 1 saturated carbocycles. The van der Waals surface area contributed by atoms with Gasteiger partial charge in [0.2, 0.25) is 0 Å². The highest BCUT2D eigenvalue weighted by Gasteiger charge is 2.29. The monoisotopic (exact) mass is 319 g/mol. The molecule has 1 N–H and O–H groups in total. The van der Waals surface area contributed by atoms with Crippen LogP contribution in [-0.2, 0) is 14.3 Å². The molecular weight excluding hydrogens is 294 g/mol. The number of carboxylic acid groups (broad SMARTS) is 1. The van der Waals surface area contributed by atoms with Gasteiger partial charge in [0.05, 0.1) is 6.10 Å². The second-order valence-electron chi connectivity index (χ2n) is 5.95. The lowest BCUT2D eigenvalue weighted by molar-refractivity contribution is -0.140. The van der Waals surface area contributed by atoms with Crippen LogP contribution in [0.25, 0.3) is 0 Å². The number of anilines is 1. The van der Waals surface area contributed by atoms with Gasteiger partial charge in [-0.2, -0.15) is 0 Å². The van der Waals surface area contributed by atoms with Crippen molar-refractivity contribution >= 4 is 17.6 Å². The number of nitrogens with zero attached hydrogens (tertiary/aromatic N) is 1. The summed E-state index contributed by atoms with van der Waals surface area (Å²) in [5, 5.41) is 9.14. The molecule has 23 heavy (non-hydrogen) atoms. The number of aliphatic carboxylic acids is 1. The molecule has 1 aliphatic carbocycles. The Bertz CT molecular complexity index is 511. The smallest absolute Gasteiger partial charge is 0.323 e. The van der Waals surface area contributed by atoms with Crippen LogP contribution in [0.2, 0.25) is 0 Å². The Labute approximate surface area is 137 Å². The van der Waals surface area contributed by atoms with Crippen molar-refractivity contribution < 1.29 is 19.4 Å². The average molecular weight is 319 g/mol. The van der Waals surface area contributed by atoms with Crippen molar-refractivity contribution in [2.45, 2.75) is 57.7 Å². The van der Waals surface area contributed by atoms with Crippen molar-refractivity contribution in [1.29, 1.82) is 0 Å². The topological polar surface area (TPSA) is 66.8 Å². The Balaban J connectivity index is 2.11.